The second-order valence-corrected chi connectivity index (χ2v) is 7.23. The lowest BCUT2D eigenvalue weighted by Gasteiger charge is -2.32. The molecule has 1 spiro atoms. The van der Waals surface area contributed by atoms with Crippen molar-refractivity contribution in [3.05, 3.63) is 65.0 Å². The predicted molar refractivity (Wildman–Crippen MR) is 100 cm³/mol. The molecule has 2 aromatic carbocycles. The minimum atomic E-state index is -0.196. The summed E-state index contributed by atoms with van der Waals surface area (Å²) in [6.07, 6.45) is 4.50. The summed E-state index contributed by atoms with van der Waals surface area (Å²) in [7, 11) is 0. The van der Waals surface area contributed by atoms with E-state index in [9.17, 15) is 4.39 Å². The summed E-state index contributed by atoms with van der Waals surface area (Å²) in [5.74, 6) is -0.196. The molecule has 3 heteroatoms. The molecule has 0 bridgehead atoms. The summed E-state index contributed by atoms with van der Waals surface area (Å²) in [6, 6.07) is 11.1. The molecule has 1 N–H and O–H groups in total. The van der Waals surface area contributed by atoms with Crippen molar-refractivity contribution in [2.45, 2.75) is 32.2 Å². The van der Waals surface area contributed by atoms with Gasteiger partial charge >= 0.3 is 0 Å². The van der Waals surface area contributed by atoms with E-state index in [1.165, 1.54) is 40.0 Å². The molecule has 2 heterocycles. The van der Waals surface area contributed by atoms with Crippen molar-refractivity contribution in [2.24, 2.45) is 0 Å². The normalized spacial score (nSPS) is 19.2. The van der Waals surface area contributed by atoms with Crippen molar-refractivity contribution in [1.29, 1.82) is 0 Å². The van der Waals surface area contributed by atoms with Crippen LogP contribution in [0.3, 0.4) is 0 Å². The van der Waals surface area contributed by atoms with Crippen LogP contribution in [0.2, 0.25) is 0 Å². The van der Waals surface area contributed by atoms with E-state index < -0.39 is 0 Å². The van der Waals surface area contributed by atoms with Crippen molar-refractivity contribution in [3.63, 3.8) is 0 Å². The Balaban J connectivity index is 1.76. The van der Waals surface area contributed by atoms with Crippen LogP contribution in [0.5, 0.6) is 0 Å². The zero-order valence-corrected chi connectivity index (χ0v) is 14.9. The van der Waals surface area contributed by atoms with Gasteiger partial charge < -0.3 is 10.1 Å². The number of rotatable bonds is 2. The molecular formula is C22H24FNO. The topological polar surface area (TPSA) is 21.3 Å². The van der Waals surface area contributed by atoms with Crippen LogP contribution in [0, 0.1) is 19.7 Å². The van der Waals surface area contributed by atoms with Crippen molar-refractivity contribution in [2.75, 3.05) is 19.8 Å². The van der Waals surface area contributed by atoms with Crippen LogP contribution in [-0.4, -0.2) is 25.3 Å². The highest BCUT2D eigenvalue weighted by Crippen LogP contribution is 2.37. The van der Waals surface area contributed by atoms with E-state index in [0.29, 0.717) is 0 Å². The summed E-state index contributed by atoms with van der Waals surface area (Å²) >= 11 is 0. The minimum absolute atomic E-state index is 0.0956. The Morgan fingerprint density at radius 3 is 2.44 bits per heavy atom. The average molecular weight is 337 g/mol. The Hall–Kier alpha value is -1.97. The third-order valence-corrected chi connectivity index (χ3v) is 5.62. The molecule has 2 aliphatic rings. The zero-order valence-electron chi connectivity index (χ0n) is 14.9. The van der Waals surface area contributed by atoms with Gasteiger partial charge in [0.25, 0.3) is 0 Å². The lowest BCUT2D eigenvalue weighted by Crippen LogP contribution is -2.44. The number of ether oxygens (including phenoxy) is 1. The quantitative estimate of drug-likeness (QED) is 0.861. The summed E-state index contributed by atoms with van der Waals surface area (Å²) < 4.78 is 18.8. The highest BCUT2D eigenvalue weighted by molar-refractivity contribution is 5.81. The second kappa shape index (κ2) is 6.40. The van der Waals surface area contributed by atoms with Gasteiger partial charge in [-0.15, -0.1) is 0 Å². The molecule has 0 saturated carbocycles. The first-order valence-corrected chi connectivity index (χ1v) is 8.99. The van der Waals surface area contributed by atoms with E-state index in [1.54, 1.807) is 0 Å². The molecule has 1 fully saturated rings. The smallest absolute Gasteiger partial charge is 0.123 e. The fourth-order valence-corrected chi connectivity index (χ4v) is 4.21. The van der Waals surface area contributed by atoms with Gasteiger partial charge in [0.1, 0.15) is 5.82 Å². The van der Waals surface area contributed by atoms with Gasteiger partial charge in [0.2, 0.25) is 0 Å². The maximum Gasteiger partial charge on any atom is 0.123 e. The first kappa shape index (κ1) is 16.5. The van der Waals surface area contributed by atoms with Gasteiger partial charge in [0.15, 0.2) is 0 Å². The highest BCUT2D eigenvalue weighted by atomic mass is 19.1. The van der Waals surface area contributed by atoms with E-state index in [4.69, 9.17) is 4.74 Å². The first-order valence-electron chi connectivity index (χ1n) is 8.99. The van der Waals surface area contributed by atoms with Crippen LogP contribution < -0.4 is 5.32 Å². The number of benzene rings is 2. The summed E-state index contributed by atoms with van der Waals surface area (Å²) in [6.45, 7) is 6.90. The van der Waals surface area contributed by atoms with Crippen molar-refractivity contribution in [1.82, 2.24) is 5.32 Å². The predicted octanol–water partition coefficient (Wildman–Crippen LogP) is 4.65. The SMILES string of the molecule is Cc1ccc(-c2ccc(F)cc2)c(C)c1C1=CC2(CCOCC2)NC1. The second-order valence-electron chi connectivity index (χ2n) is 7.23. The molecule has 0 unspecified atom stereocenters. The monoisotopic (exact) mass is 337 g/mol. The summed E-state index contributed by atoms with van der Waals surface area (Å²) in [4.78, 5) is 0. The molecular weight excluding hydrogens is 313 g/mol. The van der Waals surface area contributed by atoms with Crippen molar-refractivity contribution >= 4 is 5.57 Å². The molecule has 2 aromatic rings. The number of halogens is 1. The lowest BCUT2D eigenvalue weighted by atomic mass is 9.86. The fourth-order valence-electron chi connectivity index (χ4n) is 4.21. The van der Waals surface area contributed by atoms with Gasteiger partial charge in [-0.2, -0.15) is 0 Å². The Labute approximate surface area is 148 Å². The molecule has 2 aliphatic heterocycles. The average Bonchev–Trinajstić information content (AvgIpc) is 3.00. The Bertz CT molecular complexity index is 817. The van der Waals surface area contributed by atoms with Gasteiger partial charge in [0, 0.05) is 25.3 Å². The lowest BCUT2D eigenvalue weighted by molar-refractivity contribution is 0.0594. The third-order valence-electron chi connectivity index (χ3n) is 5.62. The Kier molecular flexibility index (Phi) is 4.22. The standard InChI is InChI=1S/C22H24FNO/c1-15-3-8-20(17-4-6-19(23)7-5-17)16(2)21(15)18-13-22(24-14-18)9-11-25-12-10-22/h3-8,13,24H,9-12,14H2,1-2H3. The molecule has 4 rings (SSSR count). The molecule has 130 valence electrons. The van der Waals surface area contributed by atoms with Crippen molar-refractivity contribution < 1.29 is 9.13 Å². The van der Waals surface area contributed by atoms with Gasteiger partial charge in [-0.25, -0.2) is 4.39 Å². The largest absolute Gasteiger partial charge is 0.381 e. The zero-order chi connectivity index (χ0) is 17.4. The van der Waals surface area contributed by atoms with E-state index in [0.717, 1.165) is 38.2 Å². The Morgan fingerprint density at radius 2 is 1.72 bits per heavy atom. The summed E-state index contributed by atoms with van der Waals surface area (Å²) in [5.41, 5.74) is 7.60. The maximum absolute atomic E-state index is 13.3. The van der Waals surface area contributed by atoms with Crippen LogP contribution >= 0.6 is 0 Å². The van der Waals surface area contributed by atoms with Crippen LogP contribution in [0.25, 0.3) is 16.7 Å². The molecule has 0 aromatic heterocycles. The van der Waals surface area contributed by atoms with Crippen LogP contribution in [0.15, 0.2) is 42.5 Å². The Morgan fingerprint density at radius 1 is 1.00 bits per heavy atom. The van der Waals surface area contributed by atoms with Gasteiger partial charge in [0.05, 0.1) is 0 Å². The molecule has 1 saturated heterocycles. The molecule has 25 heavy (non-hydrogen) atoms. The number of hydrogen-bond donors (Lipinski definition) is 1. The van der Waals surface area contributed by atoms with Crippen LogP contribution in [0.4, 0.5) is 4.39 Å². The molecule has 0 radical (unpaired) electrons. The molecule has 0 aliphatic carbocycles. The first-order chi connectivity index (χ1) is 12.1. The van der Waals surface area contributed by atoms with Crippen molar-refractivity contribution in [3.8, 4) is 11.1 Å². The van der Waals surface area contributed by atoms with E-state index in [2.05, 4.69) is 37.4 Å². The minimum Gasteiger partial charge on any atom is -0.381 e. The number of nitrogens with one attached hydrogen (secondary N) is 1. The van der Waals surface area contributed by atoms with Gasteiger partial charge in [-0.1, -0.05) is 30.3 Å². The molecule has 0 atom stereocenters. The number of hydrogen-bond acceptors (Lipinski definition) is 2. The fraction of sp³-hybridized carbons (Fsp3) is 0.364. The van der Waals surface area contributed by atoms with Gasteiger partial charge in [-0.05, 0) is 72.2 Å². The molecule has 0 amide bonds. The summed E-state index contributed by atoms with van der Waals surface area (Å²) in [5, 5.41) is 3.72. The van der Waals surface area contributed by atoms with E-state index >= 15 is 0 Å². The van der Waals surface area contributed by atoms with Crippen LogP contribution in [-0.2, 0) is 4.74 Å². The van der Waals surface area contributed by atoms with E-state index in [-0.39, 0.29) is 11.4 Å². The maximum atomic E-state index is 13.3. The highest BCUT2D eigenvalue weighted by Gasteiger charge is 2.35. The van der Waals surface area contributed by atoms with Crippen LogP contribution in [0.1, 0.15) is 29.5 Å². The number of aryl methyl sites for hydroxylation is 1. The van der Waals surface area contributed by atoms with E-state index in [1.807, 2.05) is 12.1 Å². The van der Waals surface area contributed by atoms with Gasteiger partial charge in [-0.3, -0.25) is 0 Å². The molecule has 2 nitrogen and oxygen atoms in total. The third kappa shape index (κ3) is 3.03.